The largest absolute Gasteiger partial charge is 0.480 e. The van der Waals surface area contributed by atoms with Crippen molar-refractivity contribution in [2.45, 2.75) is 6.04 Å². The summed E-state index contributed by atoms with van der Waals surface area (Å²) in [6.07, 6.45) is 0. The average Bonchev–Trinajstić information content (AvgIpc) is 2.16. The maximum Gasteiger partial charge on any atom is 0.325 e. The Labute approximate surface area is 76.4 Å². The average molecular weight is 180 g/mol. The summed E-state index contributed by atoms with van der Waals surface area (Å²) < 4.78 is 0. The molecule has 0 bridgehead atoms. The Kier molecular flexibility index (Phi) is 2.87. The summed E-state index contributed by atoms with van der Waals surface area (Å²) in [5, 5.41) is 11.6. The van der Waals surface area contributed by atoms with Crippen LogP contribution in [-0.4, -0.2) is 18.1 Å². The first kappa shape index (κ1) is 9.54. The van der Waals surface area contributed by atoms with E-state index < -0.39 is 12.0 Å². The van der Waals surface area contributed by atoms with Crippen molar-refractivity contribution >= 4 is 11.7 Å². The van der Waals surface area contributed by atoms with Crippen LogP contribution in [0.2, 0.25) is 0 Å². The smallest absolute Gasteiger partial charge is 0.325 e. The SMILES string of the molecule is CNc1ccccc1[C@H](N)C(=O)O. The monoisotopic (exact) mass is 180 g/mol. The number of carboxylic acids is 1. The molecule has 0 heterocycles. The number of carbonyl (C=O) groups is 1. The van der Waals surface area contributed by atoms with E-state index in [-0.39, 0.29) is 0 Å². The summed E-state index contributed by atoms with van der Waals surface area (Å²) >= 11 is 0. The number of carboxylic acid groups (broad SMARTS) is 1. The molecule has 1 aromatic rings. The molecule has 0 spiro atoms. The second kappa shape index (κ2) is 3.91. The van der Waals surface area contributed by atoms with Gasteiger partial charge in [-0.2, -0.15) is 0 Å². The molecule has 0 amide bonds. The van der Waals surface area contributed by atoms with Crippen LogP contribution >= 0.6 is 0 Å². The van der Waals surface area contributed by atoms with Crippen LogP contribution in [0.1, 0.15) is 11.6 Å². The van der Waals surface area contributed by atoms with Gasteiger partial charge in [0.05, 0.1) is 0 Å². The van der Waals surface area contributed by atoms with E-state index in [1.165, 1.54) is 0 Å². The summed E-state index contributed by atoms with van der Waals surface area (Å²) in [5.74, 6) is -1.03. The fourth-order valence-electron chi connectivity index (χ4n) is 1.13. The first-order chi connectivity index (χ1) is 6.16. The van der Waals surface area contributed by atoms with Crippen molar-refractivity contribution in [3.63, 3.8) is 0 Å². The van der Waals surface area contributed by atoms with Crippen LogP contribution in [0.4, 0.5) is 5.69 Å². The first-order valence-electron chi connectivity index (χ1n) is 3.92. The Morgan fingerprint density at radius 1 is 1.54 bits per heavy atom. The first-order valence-corrected chi connectivity index (χ1v) is 3.92. The molecule has 0 saturated heterocycles. The van der Waals surface area contributed by atoms with Crippen LogP contribution < -0.4 is 11.1 Å². The Morgan fingerprint density at radius 3 is 2.69 bits per heavy atom. The van der Waals surface area contributed by atoms with Gasteiger partial charge < -0.3 is 16.2 Å². The quantitative estimate of drug-likeness (QED) is 0.643. The molecule has 1 atom stereocenters. The van der Waals surface area contributed by atoms with E-state index in [1.807, 2.05) is 6.07 Å². The molecule has 1 rings (SSSR count). The van der Waals surface area contributed by atoms with Crippen molar-refractivity contribution in [2.75, 3.05) is 12.4 Å². The van der Waals surface area contributed by atoms with Gasteiger partial charge in [-0.1, -0.05) is 18.2 Å². The maximum atomic E-state index is 10.6. The number of para-hydroxylation sites is 1. The standard InChI is InChI=1S/C9H12N2O2/c1-11-7-5-3-2-4-6(7)8(10)9(12)13/h2-5,8,11H,10H2,1H3,(H,12,13)/t8-/m0/s1. The highest BCUT2D eigenvalue weighted by Gasteiger charge is 2.16. The van der Waals surface area contributed by atoms with E-state index in [4.69, 9.17) is 10.8 Å². The van der Waals surface area contributed by atoms with Gasteiger partial charge in [0.15, 0.2) is 0 Å². The summed E-state index contributed by atoms with van der Waals surface area (Å²) in [7, 11) is 1.73. The van der Waals surface area contributed by atoms with Crippen molar-refractivity contribution in [1.82, 2.24) is 0 Å². The molecule has 4 N–H and O–H groups in total. The molecule has 0 aliphatic carbocycles. The van der Waals surface area contributed by atoms with Crippen molar-refractivity contribution < 1.29 is 9.90 Å². The van der Waals surface area contributed by atoms with Gasteiger partial charge in [0.2, 0.25) is 0 Å². The number of hydrogen-bond acceptors (Lipinski definition) is 3. The zero-order valence-corrected chi connectivity index (χ0v) is 7.32. The van der Waals surface area contributed by atoms with Gasteiger partial charge in [-0.05, 0) is 6.07 Å². The number of anilines is 1. The summed E-state index contributed by atoms with van der Waals surface area (Å²) in [6, 6.07) is 6.11. The van der Waals surface area contributed by atoms with Crippen molar-refractivity contribution in [2.24, 2.45) is 5.73 Å². The third-order valence-corrected chi connectivity index (χ3v) is 1.83. The van der Waals surface area contributed by atoms with Gasteiger partial charge in [0.1, 0.15) is 6.04 Å². The Morgan fingerprint density at radius 2 is 2.15 bits per heavy atom. The number of aliphatic carboxylic acids is 1. The summed E-state index contributed by atoms with van der Waals surface area (Å²) in [6.45, 7) is 0. The molecule has 0 aromatic heterocycles. The number of benzene rings is 1. The molecule has 0 fully saturated rings. The van der Waals surface area contributed by atoms with Crippen LogP contribution in [0.25, 0.3) is 0 Å². The lowest BCUT2D eigenvalue weighted by Gasteiger charge is -2.11. The van der Waals surface area contributed by atoms with Crippen LogP contribution in [0.3, 0.4) is 0 Å². The highest BCUT2D eigenvalue weighted by molar-refractivity contribution is 5.78. The van der Waals surface area contributed by atoms with Crippen molar-refractivity contribution in [3.05, 3.63) is 29.8 Å². The third-order valence-electron chi connectivity index (χ3n) is 1.83. The molecular weight excluding hydrogens is 168 g/mol. The molecule has 0 aliphatic rings. The number of hydrogen-bond donors (Lipinski definition) is 3. The van der Waals surface area contributed by atoms with Crippen LogP contribution in [0.5, 0.6) is 0 Å². The highest BCUT2D eigenvalue weighted by Crippen LogP contribution is 2.20. The molecule has 13 heavy (non-hydrogen) atoms. The molecule has 70 valence electrons. The van der Waals surface area contributed by atoms with Crippen LogP contribution in [0, 0.1) is 0 Å². The summed E-state index contributed by atoms with van der Waals surface area (Å²) in [4.78, 5) is 10.6. The zero-order valence-electron chi connectivity index (χ0n) is 7.32. The highest BCUT2D eigenvalue weighted by atomic mass is 16.4. The molecule has 1 aromatic carbocycles. The molecule has 0 unspecified atom stereocenters. The fraction of sp³-hybridized carbons (Fsp3) is 0.222. The van der Waals surface area contributed by atoms with E-state index >= 15 is 0 Å². The summed E-state index contributed by atoms with van der Waals surface area (Å²) in [5.41, 5.74) is 6.82. The maximum absolute atomic E-state index is 10.6. The van der Waals surface area contributed by atoms with Crippen LogP contribution in [0.15, 0.2) is 24.3 Å². The normalized spacial score (nSPS) is 12.2. The Hall–Kier alpha value is -1.55. The molecule has 0 radical (unpaired) electrons. The zero-order chi connectivity index (χ0) is 9.84. The van der Waals surface area contributed by atoms with Gasteiger partial charge in [-0.3, -0.25) is 4.79 Å². The van der Waals surface area contributed by atoms with E-state index in [1.54, 1.807) is 25.2 Å². The second-order valence-electron chi connectivity index (χ2n) is 2.65. The van der Waals surface area contributed by atoms with Gasteiger partial charge in [0.25, 0.3) is 0 Å². The van der Waals surface area contributed by atoms with E-state index in [0.29, 0.717) is 5.56 Å². The molecular formula is C9H12N2O2. The fourth-order valence-corrected chi connectivity index (χ4v) is 1.13. The van der Waals surface area contributed by atoms with E-state index in [0.717, 1.165) is 5.69 Å². The lowest BCUT2D eigenvalue weighted by Crippen LogP contribution is -2.21. The van der Waals surface area contributed by atoms with E-state index in [9.17, 15) is 4.79 Å². The van der Waals surface area contributed by atoms with Gasteiger partial charge >= 0.3 is 5.97 Å². The topological polar surface area (TPSA) is 75.3 Å². The van der Waals surface area contributed by atoms with Gasteiger partial charge in [0, 0.05) is 18.3 Å². The second-order valence-corrected chi connectivity index (χ2v) is 2.65. The predicted molar refractivity (Wildman–Crippen MR) is 50.6 cm³/mol. The van der Waals surface area contributed by atoms with Crippen molar-refractivity contribution in [1.29, 1.82) is 0 Å². The minimum atomic E-state index is -1.03. The molecule has 0 aliphatic heterocycles. The molecule has 4 heteroatoms. The minimum absolute atomic E-state index is 0.595. The predicted octanol–water partition coefficient (Wildman–Crippen LogP) is 0.813. The van der Waals surface area contributed by atoms with Gasteiger partial charge in [-0.15, -0.1) is 0 Å². The molecule has 4 nitrogen and oxygen atoms in total. The Balaban J connectivity index is 3.05. The lowest BCUT2D eigenvalue weighted by molar-refractivity contribution is -0.138. The van der Waals surface area contributed by atoms with E-state index in [2.05, 4.69) is 5.32 Å². The minimum Gasteiger partial charge on any atom is -0.480 e. The lowest BCUT2D eigenvalue weighted by atomic mass is 10.1. The van der Waals surface area contributed by atoms with Gasteiger partial charge in [-0.25, -0.2) is 0 Å². The van der Waals surface area contributed by atoms with Crippen molar-refractivity contribution in [3.8, 4) is 0 Å². The number of nitrogens with one attached hydrogen (secondary N) is 1. The molecule has 0 saturated carbocycles. The third kappa shape index (κ3) is 1.97. The number of rotatable bonds is 3. The number of nitrogens with two attached hydrogens (primary N) is 1. The Bertz CT molecular complexity index is 312. The van der Waals surface area contributed by atoms with Crippen LogP contribution in [-0.2, 0) is 4.79 Å².